The van der Waals surface area contributed by atoms with E-state index in [4.69, 9.17) is 5.73 Å². The lowest BCUT2D eigenvalue weighted by atomic mass is 10.2. The molecule has 0 saturated heterocycles. The molecule has 96 valence electrons. The van der Waals surface area contributed by atoms with Gasteiger partial charge in [0.25, 0.3) is 0 Å². The SMILES string of the molecule is N#Cc1c(C2CC2)nn(Cc2ccc(Br)cc2)c1N. The van der Waals surface area contributed by atoms with Crippen LogP contribution in [0.25, 0.3) is 0 Å². The van der Waals surface area contributed by atoms with Crippen molar-refractivity contribution in [3.8, 4) is 6.07 Å². The summed E-state index contributed by atoms with van der Waals surface area (Å²) in [4.78, 5) is 0. The zero-order chi connectivity index (χ0) is 13.4. The Morgan fingerprint density at radius 3 is 2.63 bits per heavy atom. The molecule has 1 aromatic heterocycles. The molecule has 1 fully saturated rings. The van der Waals surface area contributed by atoms with Gasteiger partial charge in [-0.3, -0.25) is 0 Å². The average Bonchev–Trinajstić information content (AvgIpc) is 3.19. The number of rotatable bonds is 3. The predicted octanol–water partition coefficient (Wildman–Crippen LogP) is 3.03. The number of nitriles is 1. The Morgan fingerprint density at radius 2 is 2.05 bits per heavy atom. The summed E-state index contributed by atoms with van der Waals surface area (Å²) in [5.41, 5.74) is 8.57. The van der Waals surface area contributed by atoms with Crippen LogP contribution in [0.2, 0.25) is 0 Å². The highest BCUT2D eigenvalue weighted by Gasteiger charge is 2.31. The molecule has 2 N–H and O–H groups in total. The van der Waals surface area contributed by atoms with Crippen LogP contribution in [0.15, 0.2) is 28.7 Å². The first-order valence-electron chi connectivity index (χ1n) is 6.19. The summed E-state index contributed by atoms with van der Waals surface area (Å²) in [7, 11) is 0. The van der Waals surface area contributed by atoms with Crippen molar-refractivity contribution in [2.75, 3.05) is 5.73 Å². The van der Waals surface area contributed by atoms with Gasteiger partial charge in [-0.25, -0.2) is 4.68 Å². The fourth-order valence-corrected chi connectivity index (χ4v) is 2.40. The highest BCUT2D eigenvalue weighted by Crippen LogP contribution is 2.42. The number of nitrogen functional groups attached to an aromatic ring is 1. The maximum absolute atomic E-state index is 9.20. The second-order valence-corrected chi connectivity index (χ2v) is 5.73. The molecule has 0 amide bonds. The van der Waals surface area contributed by atoms with Crippen LogP contribution in [0, 0.1) is 11.3 Å². The molecule has 0 atom stereocenters. The van der Waals surface area contributed by atoms with Gasteiger partial charge in [-0.1, -0.05) is 28.1 Å². The van der Waals surface area contributed by atoms with Crippen LogP contribution in [-0.4, -0.2) is 9.78 Å². The van der Waals surface area contributed by atoms with Crippen LogP contribution in [-0.2, 0) is 6.54 Å². The summed E-state index contributed by atoms with van der Waals surface area (Å²) in [6.07, 6.45) is 2.23. The lowest BCUT2D eigenvalue weighted by Gasteiger charge is -2.04. The predicted molar refractivity (Wildman–Crippen MR) is 76.6 cm³/mol. The minimum Gasteiger partial charge on any atom is -0.383 e. The minimum atomic E-state index is 0.433. The molecular formula is C14H13BrN4. The number of hydrogen-bond acceptors (Lipinski definition) is 3. The molecule has 5 heteroatoms. The highest BCUT2D eigenvalue weighted by atomic mass is 79.9. The molecule has 1 heterocycles. The number of anilines is 1. The normalized spacial score (nSPS) is 14.3. The number of nitrogens with two attached hydrogens (primary N) is 1. The van der Waals surface area contributed by atoms with E-state index < -0.39 is 0 Å². The Hall–Kier alpha value is -1.80. The fourth-order valence-electron chi connectivity index (χ4n) is 2.13. The minimum absolute atomic E-state index is 0.433. The maximum Gasteiger partial charge on any atom is 0.140 e. The first-order chi connectivity index (χ1) is 9.19. The van der Waals surface area contributed by atoms with Crippen molar-refractivity contribution >= 4 is 21.7 Å². The topological polar surface area (TPSA) is 67.6 Å². The lowest BCUT2D eigenvalue weighted by molar-refractivity contribution is 0.681. The first-order valence-corrected chi connectivity index (χ1v) is 6.99. The summed E-state index contributed by atoms with van der Waals surface area (Å²) in [6, 6.07) is 10.2. The second kappa shape index (κ2) is 4.71. The van der Waals surface area contributed by atoms with E-state index in [1.807, 2.05) is 24.3 Å². The molecule has 2 aromatic rings. The van der Waals surface area contributed by atoms with Crippen LogP contribution < -0.4 is 5.73 Å². The zero-order valence-corrected chi connectivity index (χ0v) is 11.9. The Labute approximate surface area is 120 Å². The molecule has 1 aromatic carbocycles. The van der Waals surface area contributed by atoms with Crippen molar-refractivity contribution in [2.24, 2.45) is 0 Å². The van der Waals surface area contributed by atoms with Gasteiger partial charge in [0.15, 0.2) is 0 Å². The molecule has 1 saturated carbocycles. The monoisotopic (exact) mass is 316 g/mol. The standard InChI is InChI=1S/C14H13BrN4/c15-11-5-1-9(2-6-11)8-19-14(17)12(7-16)13(18-19)10-3-4-10/h1-2,5-6,10H,3-4,8,17H2. The maximum atomic E-state index is 9.20. The van der Waals surface area contributed by atoms with Gasteiger partial charge in [0.2, 0.25) is 0 Å². The van der Waals surface area contributed by atoms with Crippen molar-refractivity contribution in [1.82, 2.24) is 9.78 Å². The molecule has 0 unspecified atom stereocenters. The Morgan fingerprint density at radius 1 is 1.37 bits per heavy atom. The van der Waals surface area contributed by atoms with Gasteiger partial charge in [-0.05, 0) is 30.5 Å². The number of nitrogens with zero attached hydrogens (tertiary/aromatic N) is 3. The van der Waals surface area contributed by atoms with Crippen molar-refractivity contribution in [3.63, 3.8) is 0 Å². The van der Waals surface area contributed by atoms with E-state index >= 15 is 0 Å². The van der Waals surface area contributed by atoms with Crippen LogP contribution >= 0.6 is 15.9 Å². The molecule has 0 aliphatic heterocycles. The quantitative estimate of drug-likeness (QED) is 0.946. The summed E-state index contributed by atoms with van der Waals surface area (Å²) in [6.45, 7) is 0.598. The molecule has 0 spiro atoms. The van der Waals surface area contributed by atoms with Crippen molar-refractivity contribution in [1.29, 1.82) is 5.26 Å². The van der Waals surface area contributed by atoms with Gasteiger partial charge >= 0.3 is 0 Å². The van der Waals surface area contributed by atoms with E-state index in [2.05, 4.69) is 27.1 Å². The van der Waals surface area contributed by atoms with Crippen molar-refractivity contribution in [3.05, 3.63) is 45.6 Å². The number of halogens is 1. The van der Waals surface area contributed by atoms with Crippen LogP contribution in [0.4, 0.5) is 5.82 Å². The van der Waals surface area contributed by atoms with Crippen molar-refractivity contribution < 1.29 is 0 Å². The molecule has 1 aliphatic carbocycles. The van der Waals surface area contributed by atoms with Crippen molar-refractivity contribution in [2.45, 2.75) is 25.3 Å². The average molecular weight is 317 g/mol. The van der Waals surface area contributed by atoms with E-state index in [0.29, 0.717) is 23.8 Å². The van der Waals surface area contributed by atoms with E-state index in [0.717, 1.165) is 28.6 Å². The molecule has 19 heavy (non-hydrogen) atoms. The number of hydrogen-bond donors (Lipinski definition) is 1. The van der Waals surface area contributed by atoms with E-state index in [1.165, 1.54) is 0 Å². The molecular weight excluding hydrogens is 304 g/mol. The second-order valence-electron chi connectivity index (χ2n) is 4.82. The van der Waals surface area contributed by atoms with E-state index in [-0.39, 0.29) is 0 Å². The fraction of sp³-hybridized carbons (Fsp3) is 0.286. The van der Waals surface area contributed by atoms with Gasteiger partial charge < -0.3 is 5.73 Å². The van der Waals surface area contributed by atoms with Gasteiger partial charge in [-0.15, -0.1) is 0 Å². The lowest BCUT2D eigenvalue weighted by Crippen LogP contribution is -2.06. The molecule has 0 radical (unpaired) electrons. The summed E-state index contributed by atoms with van der Waals surface area (Å²) in [5, 5.41) is 13.7. The molecule has 4 nitrogen and oxygen atoms in total. The Balaban J connectivity index is 1.93. The third-order valence-corrected chi connectivity index (χ3v) is 3.87. The molecule has 3 rings (SSSR count). The summed E-state index contributed by atoms with van der Waals surface area (Å²) < 4.78 is 2.77. The van der Waals surface area contributed by atoms with E-state index in [1.54, 1.807) is 4.68 Å². The van der Waals surface area contributed by atoms with Crippen LogP contribution in [0.5, 0.6) is 0 Å². The third kappa shape index (κ3) is 2.36. The molecule has 0 bridgehead atoms. The Kier molecular flexibility index (Phi) is 3.03. The first kappa shape index (κ1) is 12.2. The van der Waals surface area contributed by atoms with Crippen LogP contribution in [0.1, 0.15) is 35.6 Å². The summed E-state index contributed by atoms with van der Waals surface area (Å²) >= 11 is 3.41. The number of aromatic nitrogens is 2. The van der Waals surface area contributed by atoms with Gasteiger partial charge in [-0.2, -0.15) is 10.4 Å². The number of benzene rings is 1. The summed E-state index contributed by atoms with van der Waals surface area (Å²) in [5.74, 6) is 0.912. The largest absolute Gasteiger partial charge is 0.383 e. The smallest absolute Gasteiger partial charge is 0.140 e. The van der Waals surface area contributed by atoms with Crippen LogP contribution in [0.3, 0.4) is 0 Å². The van der Waals surface area contributed by atoms with Gasteiger partial charge in [0.05, 0.1) is 12.2 Å². The van der Waals surface area contributed by atoms with Gasteiger partial charge in [0.1, 0.15) is 17.5 Å². The van der Waals surface area contributed by atoms with E-state index in [9.17, 15) is 5.26 Å². The highest BCUT2D eigenvalue weighted by molar-refractivity contribution is 9.10. The third-order valence-electron chi connectivity index (χ3n) is 3.34. The van der Waals surface area contributed by atoms with Gasteiger partial charge in [0, 0.05) is 10.4 Å². The Bertz CT molecular complexity index is 647. The molecule has 1 aliphatic rings. The zero-order valence-electron chi connectivity index (χ0n) is 10.3.